The van der Waals surface area contributed by atoms with Gasteiger partial charge in [-0.05, 0) is 63.4 Å². The first-order valence-electron chi connectivity index (χ1n) is 12.9. The number of benzene rings is 2. The third kappa shape index (κ3) is 7.34. The fraction of sp³-hybridized carbons (Fsp3) is 0.462. The molecular weight excluding hydrogens is 585 g/mol. The number of rotatable bonds is 13. The molecule has 0 aromatic heterocycles. The zero-order valence-electron chi connectivity index (χ0n) is 22.1. The van der Waals surface area contributed by atoms with Gasteiger partial charge in [-0.15, -0.1) is 4.91 Å². The Morgan fingerprint density at radius 2 is 1.49 bits per heavy atom. The smallest absolute Gasteiger partial charge is 0.258 e. The fourth-order valence-corrected chi connectivity index (χ4v) is 5.94. The van der Waals surface area contributed by atoms with Gasteiger partial charge < -0.3 is 20.1 Å². The lowest BCUT2D eigenvalue weighted by Gasteiger charge is -2.59. The van der Waals surface area contributed by atoms with E-state index in [4.69, 9.17) is 32.7 Å². The van der Waals surface area contributed by atoms with Crippen molar-refractivity contribution in [2.24, 2.45) is 11.2 Å². The second-order valence-electron chi connectivity index (χ2n) is 10.2. The van der Waals surface area contributed by atoms with Crippen LogP contribution >= 0.6 is 23.2 Å². The van der Waals surface area contributed by atoms with Crippen molar-refractivity contribution in [1.29, 1.82) is 0 Å². The summed E-state index contributed by atoms with van der Waals surface area (Å²) in [6.07, 6.45) is 1.72. The third-order valence-corrected chi connectivity index (χ3v) is 8.24. The van der Waals surface area contributed by atoms with Gasteiger partial charge in [-0.3, -0.25) is 20.4 Å². The van der Waals surface area contributed by atoms with E-state index in [-0.39, 0.29) is 34.8 Å². The van der Waals surface area contributed by atoms with E-state index in [1.807, 2.05) is 0 Å². The molecule has 3 saturated carbocycles. The number of carbonyl (C=O) groups excluding carboxylic acids is 2. The number of halogens is 4. The maximum absolute atomic E-state index is 13.7. The van der Waals surface area contributed by atoms with Gasteiger partial charge in [-0.1, -0.05) is 23.2 Å². The maximum atomic E-state index is 13.7. The average Bonchev–Trinajstić information content (AvgIpc) is 2.95. The molecule has 5 N–H and O–H groups in total. The van der Waals surface area contributed by atoms with Gasteiger partial charge >= 0.3 is 0 Å². The Morgan fingerprint density at radius 1 is 0.951 bits per heavy atom. The first kappa shape index (κ1) is 30.7. The van der Waals surface area contributed by atoms with E-state index in [0.717, 1.165) is 12.1 Å². The van der Waals surface area contributed by atoms with Crippen molar-refractivity contribution in [2.45, 2.75) is 49.3 Å². The number of hydrazine groups is 1. The zero-order chi connectivity index (χ0) is 29.6. The summed E-state index contributed by atoms with van der Waals surface area (Å²) in [6, 6.07) is 7.78. The van der Waals surface area contributed by atoms with Crippen LogP contribution in [-0.4, -0.2) is 49.3 Å². The standard InChI is InChI=1S/C26H30Cl2F2N6O5/c1-31-34-24(35-36-39)17-12-25(32-22(37)13-40-15-2-4-18(27)20(29)10-15)6-8-26(17,9-7-25)33-23(38)14-41-16-3-5-19(28)21(30)11-16/h2-5,10-11,17,24,31,34H,6-9,12-14H2,1H3,(H,32,37)(H,33,38)(H,35,39)/t17-,24?,25?,26?/m1/s1. The number of ether oxygens (including phenoxy) is 2. The highest BCUT2D eigenvalue weighted by Gasteiger charge is 2.58. The Labute approximate surface area is 244 Å². The predicted octanol–water partition coefficient (Wildman–Crippen LogP) is 3.35. The molecule has 1 unspecified atom stereocenters. The van der Waals surface area contributed by atoms with Crippen molar-refractivity contribution >= 4 is 35.0 Å². The molecule has 3 aliphatic rings. The summed E-state index contributed by atoms with van der Waals surface area (Å²) in [5.41, 5.74) is 6.86. The Hall–Kier alpha value is -3.26. The molecule has 2 amide bonds. The SMILES string of the molecule is CNNC(NN=O)[C@H]1CC2(NC(=O)COc3ccc(Cl)c(F)c3)CCC1(NC(=O)COc1ccc(Cl)c(F)c1)CC2. The second kappa shape index (κ2) is 13.1. The summed E-state index contributed by atoms with van der Waals surface area (Å²) in [6.45, 7) is -0.714. The van der Waals surface area contributed by atoms with E-state index in [2.05, 4.69) is 32.2 Å². The van der Waals surface area contributed by atoms with Gasteiger partial charge in [-0.2, -0.15) is 0 Å². The van der Waals surface area contributed by atoms with Crippen LogP contribution in [0.15, 0.2) is 41.7 Å². The molecule has 0 saturated heterocycles. The largest absolute Gasteiger partial charge is 0.484 e. The van der Waals surface area contributed by atoms with E-state index in [1.165, 1.54) is 24.3 Å². The molecule has 2 aromatic rings. The van der Waals surface area contributed by atoms with Crippen molar-refractivity contribution in [2.75, 3.05) is 20.3 Å². The third-order valence-electron chi connectivity index (χ3n) is 7.63. The number of hydrogen-bond donors (Lipinski definition) is 5. The highest BCUT2D eigenvalue weighted by molar-refractivity contribution is 6.31. The summed E-state index contributed by atoms with van der Waals surface area (Å²) in [4.78, 5) is 37.1. The summed E-state index contributed by atoms with van der Waals surface area (Å²) in [5.74, 6) is -2.26. The van der Waals surface area contributed by atoms with Crippen molar-refractivity contribution in [1.82, 2.24) is 26.9 Å². The maximum Gasteiger partial charge on any atom is 0.258 e. The monoisotopic (exact) mass is 614 g/mol. The van der Waals surface area contributed by atoms with Crippen LogP contribution in [0, 0.1) is 22.5 Å². The molecule has 0 radical (unpaired) electrons. The van der Waals surface area contributed by atoms with Gasteiger partial charge in [-0.25, -0.2) is 14.2 Å². The second-order valence-corrected chi connectivity index (χ2v) is 11.0. The minimum atomic E-state index is -0.762. The molecule has 3 aliphatic carbocycles. The number of nitrogens with zero attached hydrogens (tertiary/aromatic N) is 1. The molecule has 2 atom stereocenters. The lowest BCUT2D eigenvalue weighted by Crippen LogP contribution is -2.73. The number of hydrogen-bond acceptors (Lipinski definition) is 8. The molecule has 3 fully saturated rings. The Bertz CT molecular complexity index is 1280. The quantitative estimate of drug-likeness (QED) is 0.131. The van der Waals surface area contributed by atoms with Crippen molar-refractivity contribution in [3.8, 4) is 11.5 Å². The van der Waals surface area contributed by atoms with E-state index in [1.54, 1.807) is 7.05 Å². The molecule has 0 aliphatic heterocycles. The van der Waals surface area contributed by atoms with E-state index >= 15 is 0 Å². The number of fused-ring (bicyclic) bond motifs is 3. The van der Waals surface area contributed by atoms with Crippen LogP contribution in [0.2, 0.25) is 10.0 Å². The molecule has 2 bridgehead atoms. The summed E-state index contributed by atoms with van der Waals surface area (Å²) < 4.78 is 38.4. The Kier molecular flexibility index (Phi) is 9.84. The topological polar surface area (TPSA) is 142 Å². The molecule has 0 spiro atoms. The number of carbonyl (C=O) groups is 2. The minimum Gasteiger partial charge on any atom is -0.484 e. The van der Waals surface area contributed by atoms with E-state index in [0.29, 0.717) is 32.1 Å². The van der Waals surface area contributed by atoms with Gasteiger partial charge in [0.25, 0.3) is 11.8 Å². The van der Waals surface area contributed by atoms with Crippen LogP contribution in [0.1, 0.15) is 32.1 Å². The van der Waals surface area contributed by atoms with E-state index < -0.39 is 46.6 Å². The number of nitrogens with one attached hydrogen (secondary N) is 5. The van der Waals surface area contributed by atoms with Gasteiger partial charge in [0.05, 0.1) is 15.3 Å². The van der Waals surface area contributed by atoms with Crippen LogP contribution in [-0.2, 0) is 9.59 Å². The molecule has 15 heteroatoms. The van der Waals surface area contributed by atoms with Crippen LogP contribution < -0.4 is 36.4 Å². The first-order chi connectivity index (χ1) is 19.6. The predicted molar refractivity (Wildman–Crippen MR) is 147 cm³/mol. The lowest BCUT2D eigenvalue weighted by molar-refractivity contribution is -0.134. The van der Waals surface area contributed by atoms with Crippen LogP contribution in [0.3, 0.4) is 0 Å². The fourth-order valence-electron chi connectivity index (χ4n) is 5.71. The molecule has 11 nitrogen and oxygen atoms in total. The van der Waals surface area contributed by atoms with E-state index in [9.17, 15) is 23.3 Å². The van der Waals surface area contributed by atoms with Gasteiger partial charge in [0.15, 0.2) is 13.2 Å². The first-order valence-corrected chi connectivity index (χ1v) is 13.6. The Balaban J connectivity index is 1.44. The minimum absolute atomic E-state index is 0.0553. The van der Waals surface area contributed by atoms with Crippen LogP contribution in [0.4, 0.5) is 8.78 Å². The molecular formula is C26H30Cl2F2N6O5. The summed E-state index contributed by atoms with van der Waals surface area (Å²) in [5, 5.41) is 8.86. The zero-order valence-corrected chi connectivity index (χ0v) is 23.6. The molecule has 2 aromatic carbocycles. The van der Waals surface area contributed by atoms with Crippen LogP contribution in [0.25, 0.3) is 0 Å². The molecule has 222 valence electrons. The molecule has 5 rings (SSSR count). The van der Waals surface area contributed by atoms with Crippen LogP contribution in [0.5, 0.6) is 11.5 Å². The normalized spacial score (nSPS) is 23.8. The van der Waals surface area contributed by atoms with Crippen molar-refractivity contribution < 1.29 is 27.8 Å². The molecule has 41 heavy (non-hydrogen) atoms. The van der Waals surface area contributed by atoms with Crippen molar-refractivity contribution in [3.63, 3.8) is 0 Å². The summed E-state index contributed by atoms with van der Waals surface area (Å²) in [7, 11) is 1.62. The summed E-state index contributed by atoms with van der Waals surface area (Å²) >= 11 is 11.4. The molecule has 0 heterocycles. The lowest BCUT2D eigenvalue weighted by atomic mass is 9.55. The Morgan fingerprint density at radius 3 is 1.98 bits per heavy atom. The van der Waals surface area contributed by atoms with Gasteiger partial charge in [0.2, 0.25) is 0 Å². The van der Waals surface area contributed by atoms with Gasteiger partial charge in [0, 0.05) is 29.1 Å². The van der Waals surface area contributed by atoms with Crippen molar-refractivity contribution in [3.05, 3.63) is 63.0 Å². The number of amides is 2. The van der Waals surface area contributed by atoms with Gasteiger partial charge in [0.1, 0.15) is 29.3 Å². The highest BCUT2D eigenvalue weighted by atomic mass is 35.5. The average molecular weight is 615 g/mol. The number of nitroso groups, excluding NO2 is 1. The highest BCUT2D eigenvalue weighted by Crippen LogP contribution is 2.51.